The van der Waals surface area contributed by atoms with E-state index in [9.17, 15) is 4.79 Å². The van der Waals surface area contributed by atoms with Gasteiger partial charge in [-0.05, 0) is 18.1 Å². The minimum Gasteiger partial charge on any atom is -0.390 e. The van der Waals surface area contributed by atoms with Gasteiger partial charge in [-0.3, -0.25) is 0 Å². The molecule has 66 valence electrons. The van der Waals surface area contributed by atoms with E-state index < -0.39 is 0 Å². The molecule has 0 fully saturated rings. The predicted molar refractivity (Wildman–Crippen MR) is 47.7 cm³/mol. The molecule has 0 bridgehead atoms. The van der Waals surface area contributed by atoms with Gasteiger partial charge in [-0.25, -0.2) is 4.98 Å². The zero-order valence-electron chi connectivity index (χ0n) is 7.03. The molecule has 0 aromatic carbocycles. The number of aliphatic hydroxyl groups excluding tert-OH is 1. The third-order valence-corrected chi connectivity index (χ3v) is 1.37. The molecule has 1 heterocycles. The largest absolute Gasteiger partial charge is 0.390 e. The minimum absolute atomic E-state index is 0.0940. The van der Waals surface area contributed by atoms with Crippen LogP contribution in [0.4, 0.5) is 0 Å². The Morgan fingerprint density at radius 2 is 2.38 bits per heavy atom. The first kappa shape index (κ1) is 9.43. The molecule has 0 saturated heterocycles. The molecule has 0 unspecified atom stereocenters. The lowest BCUT2D eigenvalue weighted by Crippen LogP contribution is -1.90. The Morgan fingerprint density at radius 3 is 3.08 bits per heavy atom. The van der Waals surface area contributed by atoms with Crippen LogP contribution in [0.2, 0.25) is 0 Å². The molecule has 0 spiro atoms. The van der Waals surface area contributed by atoms with Gasteiger partial charge in [0.15, 0.2) is 0 Å². The van der Waals surface area contributed by atoms with Crippen molar-refractivity contribution in [2.75, 3.05) is 0 Å². The van der Waals surface area contributed by atoms with Crippen LogP contribution < -0.4 is 0 Å². The van der Waals surface area contributed by atoms with Crippen molar-refractivity contribution in [1.82, 2.24) is 4.98 Å². The molecule has 1 rings (SSSR count). The lowest BCUT2D eigenvalue weighted by atomic mass is 10.3. The Labute approximate surface area is 76.4 Å². The number of aliphatic hydroxyl groups is 1. The summed E-state index contributed by atoms with van der Waals surface area (Å²) in [5, 5.41) is 8.77. The third-order valence-electron chi connectivity index (χ3n) is 1.37. The lowest BCUT2D eigenvalue weighted by Gasteiger charge is -1.94. The summed E-state index contributed by atoms with van der Waals surface area (Å²) in [6.07, 6.45) is 0.952. The van der Waals surface area contributed by atoms with Crippen LogP contribution in [0, 0.1) is 11.8 Å². The molecule has 1 N–H and O–H groups in total. The van der Waals surface area contributed by atoms with E-state index in [1.54, 1.807) is 18.2 Å². The zero-order valence-corrected chi connectivity index (χ0v) is 7.03. The van der Waals surface area contributed by atoms with Crippen molar-refractivity contribution in [2.24, 2.45) is 0 Å². The van der Waals surface area contributed by atoms with E-state index in [2.05, 4.69) is 16.8 Å². The van der Waals surface area contributed by atoms with Gasteiger partial charge >= 0.3 is 0 Å². The number of aromatic nitrogens is 1. The summed E-state index contributed by atoms with van der Waals surface area (Å²) in [6.45, 7) is -0.0940. The van der Waals surface area contributed by atoms with E-state index in [-0.39, 0.29) is 13.0 Å². The van der Waals surface area contributed by atoms with Gasteiger partial charge in [0.2, 0.25) is 0 Å². The Bertz CT molecular complexity index is 349. The molecule has 0 aliphatic carbocycles. The molecule has 1 aromatic heterocycles. The first-order valence-corrected chi connectivity index (χ1v) is 3.86. The summed E-state index contributed by atoms with van der Waals surface area (Å²) in [6, 6.07) is 5.21. The summed E-state index contributed by atoms with van der Waals surface area (Å²) in [5.41, 5.74) is 1.16. The van der Waals surface area contributed by atoms with Crippen molar-refractivity contribution >= 4 is 6.29 Å². The first-order chi connectivity index (χ1) is 6.36. The molecule has 0 radical (unpaired) electrons. The lowest BCUT2D eigenvalue weighted by molar-refractivity contribution is -0.107. The number of aldehydes is 1. The van der Waals surface area contributed by atoms with Gasteiger partial charge in [0.1, 0.15) is 12.0 Å². The van der Waals surface area contributed by atoms with Crippen molar-refractivity contribution < 1.29 is 9.90 Å². The molecular formula is C10H9NO2. The van der Waals surface area contributed by atoms with Crippen LogP contribution in [-0.4, -0.2) is 16.4 Å². The summed E-state index contributed by atoms with van der Waals surface area (Å²) in [5.74, 6) is 5.36. The number of carbonyl (C=O) groups excluding carboxylic acids is 1. The smallest absolute Gasteiger partial charge is 0.131 e. The van der Waals surface area contributed by atoms with Crippen molar-refractivity contribution in [3.05, 3.63) is 29.6 Å². The standard InChI is InChI=1S/C10H9NO2/c12-7-2-1-4-9-5-3-6-10(8-13)11-9/h3,5-7,13H,2,8H2. The molecular weight excluding hydrogens is 166 g/mol. The highest BCUT2D eigenvalue weighted by Crippen LogP contribution is 1.97. The predicted octanol–water partition coefficient (Wildman–Crippen LogP) is 0.514. The Balaban J connectivity index is 2.78. The molecule has 0 amide bonds. The maximum atomic E-state index is 9.96. The van der Waals surface area contributed by atoms with Gasteiger partial charge in [-0.15, -0.1) is 0 Å². The van der Waals surface area contributed by atoms with Gasteiger partial charge in [0, 0.05) is 0 Å². The maximum Gasteiger partial charge on any atom is 0.131 e. The van der Waals surface area contributed by atoms with Crippen molar-refractivity contribution in [2.45, 2.75) is 13.0 Å². The maximum absolute atomic E-state index is 9.96. The number of pyridine rings is 1. The second-order valence-electron chi connectivity index (χ2n) is 2.34. The summed E-state index contributed by atoms with van der Waals surface area (Å²) in [4.78, 5) is 14.0. The number of rotatable bonds is 2. The van der Waals surface area contributed by atoms with Gasteiger partial charge in [-0.2, -0.15) is 0 Å². The summed E-state index contributed by atoms with van der Waals surface area (Å²) < 4.78 is 0. The van der Waals surface area contributed by atoms with E-state index in [0.717, 1.165) is 6.29 Å². The van der Waals surface area contributed by atoms with Gasteiger partial charge in [0.25, 0.3) is 0 Å². The fraction of sp³-hybridized carbons (Fsp3) is 0.200. The fourth-order valence-electron chi connectivity index (χ4n) is 0.821. The van der Waals surface area contributed by atoms with Crippen LogP contribution in [0.3, 0.4) is 0 Å². The quantitative estimate of drug-likeness (QED) is 0.526. The highest BCUT2D eigenvalue weighted by atomic mass is 16.3. The molecule has 13 heavy (non-hydrogen) atoms. The van der Waals surface area contributed by atoms with Gasteiger partial charge in [0.05, 0.1) is 18.7 Å². The average molecular weight is 175 g/mol. The van der Waals surface area contributed by atoms with Gasteiger partial charge in [-0.1, -0.05) is 12.0 Å². The Kier molecular flexibility index (Phi) is 3.68. The van der Waals surface area contributed by atoms with E-state index in [0.29, 0.717) is 11.4 Å². The van der Waals surface area contributed by atoms with Crippen molar-refractivity contribution in [3.8, 4) is 11.8 Å². The average Bonchev–Trinajstić information content (AvgIpc) is 2.19. The van der Waals surface area contributed by atoms with Gasteiger partial charge < -0.3 is 9.90 Å². The van der Waals surface area contributed by atoms with Crippen LogP contribution in [0.15, 0.2) is 18.2 Å². The molecule has 3 nitrogen and oxygen atoms in total. The van der Waals surface area contributed by atoms with Crippen molar-refractivity contribution in [1.29, 1.82) is 0 Å². The highest BCUT2D eigenvalue weighted by molar-refractivity contribution is 5.54. The van der Waals surface area contributed by atoms with E-state index in [1.165, 1.54) is 0 Å². The number of carbonyl (C=O) groups is 1. The Hall–Kier alpha value is -1.66. The van der Waals surface area contributed by atoms with Crippen LogP contribution >= 0.6 is 0 Å². The second-order valence-corrected chi connectivity index (χ2v) is 2.34. The molecule has 0 aliphatic heterocycles. The van der Waals surface area contributed by atoms with Crippen LogP contribution in [0.25, 0.3) is 0 Å². The monoisotopic (exact) mass is 175 g/mol. The van der Waals surface area contributed by atoms with Crippen molar-refractivity contribution in [3.63, 3.8) is 0 Å². The zero-order chi connectivity index (χ0) is 9.52. The van der Waals surface area contributed by atoms with E-state index in [4.69, 9.17) is 5.11 Å². The van der Waals surface area contributed by atoms with Crippen LogP contribution in [0.5, 0.6) is 0 Å². The molecule has 0 atom stereocenters. The SMILES string of the molecule is O=CCC#Cc1cccc(CO)n1. The molecule has 3 heteroatoms. The number of nitrogens with zero attached hydrogens (tertiary/aromatic N) is 1. The number of hydrogen-bond acceptors (Lipinski definition) is 3. The first-order valence-electron chi connectivity index (χ1n) is 3.86. The summed E-state index contributed by atoms with van der Waals surface area (Å²) >= 11 is 0. The topological polar surface area (TPSA) is 50.2 Å². The third kappa shape index (κ3) is 3.06. The second kappa shape index (κ2) is 5.07. The van der Waals surface area contributed by atoms with Crippen LogP contribution in [-0.2, 0) is 11.4 Å². The molecule has 0 saturated carbocycles. The molecule has 1 aromatic rings. The number of hydrogen-bond donors (Lipinski definition) is 1. The van der Waals surface area contributed by atoms with Crippen LogP contribution in [0.1, 0.15) is 17.8 Å². The summed E-state index contributed by atoms with van der Waals surface area (Å²) in [7, 11) is 0. The van der Waals surface area contributed by atoms with E-state index >= 15 is 0 Å². The minimum atomic E-state index is -0.0940. The van der Waals surface area contributed by atoms with E-state index in [1.807, 2.05) is 0 Å². The normalized spacial score (nSPS) is 8.69. The molecule has 0 aliphatic rings. The Morgan fingerprint density at radius 1 is 1.54 bits per heavy atom. The fourth-order valence-corrected chi connectivity index (χ4v) is 0.821. The highest BCUT2D eigenvalue weighted by Gasteiger charge is 1.91.